The molecule has 0 aromatic heterocycles. The van der Waals surface area contributed by atoms with Gasteiger partial charge in [0.05, 0.1) is 6.54 Å². The minimum absolute atomic E-state index is 0.705. The summed E-state index contributed by atoms with van der Waals surface area (Å²) in [6.07, 6.45) is 10.5. The van der Waals surface area contributed by atoms with Gasteiger partial charge in [0, 0.05) is 6.04 Å². The van der Waals surface area contributed by atoms with Crippen molar-refractivity contribution in [3.63, 3.8) is 0 Å². The lowest BCUT2D eigenvalue weighted by molar-refractivity contribution is 0.492. The van der Waals surface area contributed by atoms with Crippen molar-refractivity contribution >= 4 is 0 Å². The van der Waals surface area contributed by atoms with Crippen LogP contribution in [0.2, 0.25) is 0 Å². The van der Waals surface area contributed by atoms with Gasteiger partial charge >= 0.3 is 0 Å². The number of rotatable bonds is 3. The van der Waals surface area contributed by atoms with Gasteiger partial charge in [-0.2, -0.15) is 0 Å². The number of nitrogens with one attached hydrogen (secondary N) is 1. The van der Waals surface area contributed by atoms with E-state index in [9.17, 15) is 0 Å². The molecule has 1 aliphatic carbocycles. The molecule has 1 fully saturated rings. The van der Waals surface area contributed by atoms with Gasteiger partial charge < -0.3 is 5.32 Å². The Labute approximate surface area is 69.6 Å². The quantitative estimate of drug-likeness (QED) is 0.606. The van der Waals surface area contributed by atoms with E-state index in [-0.39, 0.29) is 0 Å². The van der Waals surface area contributed by atoms with Crippen molar-refractivity contribution in [2.45, 2.75) is 38.6 Å². The Morgan fingerprint density at radius 1 is 1.55 bits per heavy atom. The second-order valence-electron chi connectivity index (χ2n) is 3.37. The Kier molecular flexibility index (Phi) is 3.45. The largest absolute Gasteiger partial charge is 0.303 e. The predicted octanol–water partition coefficient (Wildman–Crippen LogP) is 1.79. The summed E-state index contributed by atoms with van der Waals surface area (Å²) in [4.78, 5) is 0. The van der Waals surface area contributed by atoms with Crippen molar-refractivity contribution in [3.05, 3.63) is 0 Å². The van der Waals surface area contributed by atoms with Gasteiger partial charge in [-0.05, 0) is 25.2 Å². The van der Waals surface area contributed by atoms with Crippen molar-refractivity contribution in [1.29, 1.82) is 0 Å². The van der Waals surface area contributed by atoms with Gasteiger partial charge in [0.15, 0.2) is 0 Å². The molecule has 1 aliphatic rings. The average molecular weight is 151 g/mol. The molecule has 0 spiro atoms. The molecule has 0 amide bonds. The minimum Gasteiger partial charge on any atom is -0.303 e. The highest BCUT2D eigenvalue weighted by molar-refractivity contribution is 4.90. The second-order valence-corrected chi connectivity index (χ2v) is 3.37. The highest BCUT2D eigenvalue weighted by atomic mass is 14.9. The van der Waals surface area contributed by atoms with Gasteiger partial charge in [0.25, 0.3) is 0 Å². The maximum Gasteiger partial charge on any atom is 0.0575 e. The van der Waals surface area contributed by atoms with Crippen LogP contribution < -0.4 is 5.32 Å². The maximum atomic E-state index is 5.16. The molecular formula is C10H17N. The highest BCUT2D eigenvalue weighted by Crippen LogP contribution is 2.27. The fourth-order valence-electron chi connectivity index (χ4n) is 1.83. The predicted molar refractivity (Wildman–Crippen MR) is 48.3 cm³/mol. The van der Waals surface area contributed by atoms with Crippen LogP contribution in [-0.4, -0.2) is 12.6 Å². The van der Waals surface area contributed by atoms with Crippen molar-refractivity contribution in [2.75, 3.05) is 6.54 Å². The molecule has 0 aromatic carbocycles. The average Bonchev–Trinajstić information content (AvgIpc) is 2.48. The molecule has 0 bridgehead atoms. The zero-order valence-corrected chi connectivity index (χ0v) is 7.27. The van der Waals surface area contributed by atoms with E-state index in [0.717, 1.165) is 12.5 Å². The summed E-state index contributed by atoms with van der Waals surface area (Å²) in [5.74, 6) is 3.57. The van der Waals surface area contributed by atoms with Crippen LogP contribution in [-0.2, 0) is 0 Å². The van der Waals surface area contributed by atoms with Crippen molar-refractivity contribution in [2.24, 2.45) is 5.92 Å². The van der Waals surface area contributed by atoms with E-state index < -0.39 is 0 Å². The lowest BCUT2D eigenvalue weighted by atomic mass is 10.1. The van der Waals surface area contributed by atoms with Gasteiger partial charge in [-0.15, -0.1) is 6.42 Å². The van der Waals surface area contributed by atoms with E-state index in [0.29, 0.717) is 6.04 Å². The van der Waals surface area contributed by atoms with E-state index in [4.69, 9.17) is 6.42 Å². The Hall–Kier alpha value is -0.480. The van der Waals surface area contributed by atoms with Crippen LogP contribution >= 0.6 is 0 Å². The smallest absolute Gasteiger partial charge is 0.0575 e. The SMILES string of the molecule is C#CCNC1CCC(CC)C1. The van der Waals surface area contributed by atoms with Crippen molar-refractivity contribution < 1.29 is 0 Å². The van der Waals surface area contributed by atoms with Crippen molar-refractivity contribution in [1.82, 2.24) is 5.32 Å². The summed E-state index contributed by atoms with van der Waals surface area (Å²) < 4.78 is 0. The molecule has 2 unspecified atom stereocenters. The summed E-state index contributed by atoms with van der Waals surface area (Å²) in [5, 5.41) is 3.36. The minimum atomic E-state index is 0.705. The standard InChI is InChI=1S/C10H17N/c1-3-7-11-10-6-5-9(4-2)8-10/h1,9-11H,4-8H2,2H3. The molecule has 1 rings (SSSR count). The lowest BCUT2D eigenvalue weighted by Gasteiger charge is -2.09. The first-order valence-electron chi connectivity index (χ1n) is 4.53. The molecule has 0 radical (unpaired) electrons. The van der Waals surface area contributed by atoms with Crippen LogP contribution in [0.3, 0.4) is 0 Å². The monoisotopic (exact) mass is 151 g/mol. The van der Waals surface area contributed by atoms with Gasteiger partial charge in [-0.3, -0.25) is 0 Å². The Morgan fingerprint density at radius 3 is 2.91 bits per heavy atom. The molecule has 62 valence electrons. The number of hydrogen-bond acceptors (Lipinski definition) is 1. The van der Waals surface area contributed by atoms with E-state index >= 15 is 0 Å². The molecule has 0 saturated heterocycles. The van der Waals surface area contributed by atoms with E-state index in [1.807, 2.05) is 0 Å². The first-order chi connectivity index (χ1) is 5.36. The van der Waals surface area contributed by atoms with E-state index in [1.165, 1.54) is 25.7 Å². The van der Waals surface area contributed by atoms with Gasteiger partial charge in [0.1, 0.15) is 0 Å². The summed E-state index contributed by atoms with van der Waals surface area (Å²) in [5.41, 5.74) is 0. The molecule has 1 saturated carbocycles. The van der Waals surface area contributed by atoms with Gasteiger partial charge in [-0.1, -0.05) is 19.3 Å². The fourth-order valence-corrected chi connectivity index (χ4v) is 1.83. The second kappa shape index (κ2) is 4.41. The molecular weight excluding hydrogens is 134 g/mol. The third-order valence-electron chi connectivity index (χ3n) is 2.61. The zero-order valence-electron chi connectivity index (χ0n) is 7.27. The fraction of sp³-hybridized carbons (Fsp3) is 0.800. The summed E-state index contributed by atoms with van der Waals surface area (Å²) in [6.45, 7) is 3.01. The van der Waals surface area contributed by atoms with Crippen LogP contribution in [0.25, 0.3) is 0 Å². The van der Waals surface area contributed by atoms with Crippen LogP contribution in [0, 0.1) is 18.3 Å². The topological polar surface area (TPSA) is 12.0 Å². The van der Waals surface area contributed by atoms with Crippen LogP contribution in [0.15, 0.2) is 0 Å². The molecule has 11 heavy (non-hydrogen) atoms. The molecule has 0 heterocycles. The molecule has 1 nitrogen and oxygen atoms in total. The maximum absolute atomic E-state index is 5.16. The third kappa shape index (κ3) is 2.55. The first-order valence-corrected chi connectivity index (χ1v) is 4.53. The molecule has 0 aliphatic heterocycles. The Morgan fingerprint density at radius 2 is 2.36 bits per heavy atom. The number of terminal acetylenes is 1. The molecule has 1 heteroatoms. The third-order valence-corrected chi connectivity index (χ3v) is 2.61. The lowest BCUT2D eigenvalue weighted by Crippen LogP contribution is -2.26. The Bertz CT molecular complexity index is 145. The van der Waals surface area contributed by atoms with Crippen LogP contribution in [0.1, 0.15) is 32.6 Å². The van der Waals surface area contributed by atoms with Crippen molar-refractivity contribution in [3.8, 4) is 12.3 Å². The van der Waals surface area contributed by atoms with E-state index in [1.54, 1.807) is 0 Å². The Balaban J connectivity index is 2.15. The summed E-state index contributed by atoms with van der Waals surface area (Å²) in [6, 6.07) is 0.705. The van der Waals surface area contributed by atoms with E-state index in [2.05, 4.69) is 18.2 Å². The highest BCUT2D eigenvalue weighted by Gasteiger charge is 2.21. The van der Waals surface area contributed by atoms with Gasteiger partial charge in [0.2, 0.25) is 0 Å². The number of hydrogen-bond donors (Lipinski definition) is 1. The summed E-state index contributed by atoms with van der Waals surface area (Å²) in [7, 11) is 0. The van der Waals surface area contributed by atoms with Gasteiger partial charge in [-0.25, -0.2) is 0 Å². The molecule has 2 atom stereocenters. The first kappa shape index (κ1) is 8.62. The molecule has 1 N–H and O–H groups in total. The van der Waals surface area contributed by atoms with Crippen LogP contribution in [0.4, 0.5) is 0 Å². The zero-order chi connectivity index (χ0) is 8.10. The molecule has 0 aromatic rings. The normalized spacial score (nSPS) is 30.2. The van der Waals surface area contributed by atoms with Crippen LogP contribution in [0.5, 0.6) is 0 Å². The summed E-state index contributed by atoms with van der Waals surface area (Å²) >= 11 is 0.